The van der Waals surface area contributed by atoms with Gasteiger partial charge in [-0.1, -0.05) is 12.1 Å². The van der Waals surface area contributed by atoms with Crippen LogP contribution in [0, 0.1) is 0 Å². The summed E-state index contributed by atoms with van der Waals surface area (Å²) in [6.45, 7) is 0. The van der Waals surface area contributed by atoms with E-state index in [2.05, 4.69) is 10.4 Å². The molecule has 0 bridgehead atoms. The molecular formula is C21H19N3O8. The summed E-state index contributed by atoms with van der Waals surface area (Å²) in [5.74, 6) is -2.35. The number of aromatic carboxylic acids is 1. The first kappa shape index (κ1) is 22.2. The highest BCUT2D eigenvalue weighted by Gasteiger charge is 2.22. The summed E-state index contributed by atoms with van der Waals surface area (Å²) < 4.78 is 16.3. The summed E-state index contributed by atoms with van der Waals surface area (Å²) in [6, 6.07) is 9.73. The van der Waals surface area contributed by atoms with E-state index in [1.54, 1.807) is 24.3 Å². The molecule has 32 heavy (non-hydrogen) atoms. The van der Waals surface area contributed by atoms with Gasteiger partial charge in [-0.2, -0.15) is 9.78 Å². The van der Waals surface area contributed by atoms with E-state index in [-0.39, 0.29) is 28.4 Å². The largest absolute Gasteiger partial charge is 0.505 e. The maximum Gasteiger partial charge on any atom is 0.337 e. The van der Waals surface area contributed by atoms with Gasteiger partial charge in [0.2, 0.25) is 0 Å². The van der Waals surface area contributed by atoms with E-state index < -0.39 is 28.9 Å². The first-order chi connectivity index (χ1) is 15.3. The Morgan fingerprint density at radius 2 is 1.59 bits per heavy atom. The fraction of sp³-hybridized carbons (Fsp3) is 0.143. The van der Waals surface area contributed by atoms with Crippen LogP contribution in [0.5, 0.6) is 23.0 Å². The molecule has 3 aromatic rings. The van der Waals surface area contributed by atoms with E-state index in [1.807, 2.05) is 0 Å². The van der Waals surface area contributed by atoms with Crippen LogP contribution in [-0.2, 0) is 0 Å². The molecule has 0 aliphatic rings. The monoisotopic (exact) mass is 441 g/mol. The average Bonchev–Trinajstić information content (AvgIpc) is 2.78. The van der Waals surface area contributed by atoms with Crippen molar-refractivity contribution in [2.45, 2.75) is 0 Å². The number of carbonyl (C=O) groups is 2. The van der Waals surface area contributed by atoms with Crippen molar-refractivity contribution < 1.29 is 34.0 Å². The molecule has 3 N–H and O–H groups in total. The van der Waals surface area contributed by atoms with Crippen molar-refractivity contribution >= 4 is 17.6 Å². The molecule has 0 aliphatic heterocycles. The van der Waals surface area contributed by atoms with Crippen LogP contribution >= 0.6 is 0 Å². The van der Waals surface area contributed by atoms with Gasteiger partial charge >= 0.3 is 5.97 Å². The first-order valence-electron chi connectivity index (χ1n) is 9.08. The maximum absolute atomic E-state index is 12.9. The molecule has 11 nitrogen and oxygen atoms in total. The van der Waals surface area contributed by atoms with Crippen LogP contribution in [-0.4, -0.2) is 53.2 Å². The molecule has 1 heterocycles. The third-order valence-corrected chi connectivity index (χ3v) is 4.44. The molecule has 0 saturated heterocycles. The number of benzene rings is 2. The number of carboxylic acids is 1. The summed E-state index contributed by atoms with van der Waals surface area (Å²) in [5, 5.41) is 26.0. The summed E-state index contributed by atoms with van der Waals surface area (Å²) in [5.41, 5.74) is -1.39. The summed E-state index contributed by atoms with van der Waals surface area (Å²) >= 11 is 0. The number of carboxylic acid groups (broad SMARTS) is 1. The molecule has 2 aromatic carbocycles. The third kappa shape index (κ3) is 4.17. The van der Waals surface area contributed by atoms with Crippen LogP contribution in [0.15, 0.2) is 47.3 Å². The normalized spacial score (nSPS) is 10.3. The van der Waals surface area contributed by atoms with E-state index in [9.17, 15) is 24.6 Å². The fourth-order valence-corrected chi connectivity index (χ4v) is 2.93. The lowest BCUT2D eigenvalue weighted by Crippen LogP contribution is -2.26. The first-order valence-corrected chi connectivity index (χ1v) is 9.08. The van der Waals surface area contributed by atoms with Crippen molar-refractivity contribution in [3.05, 3.63) is 64.1 Å². The smallest absolute Gasteiger partial charge is 0.337 e. The average molecular weight is 441 g/mol. The number of ether oxygens (including phenoxy) is 3. The molecule has 1 amide bonds. The summed E-state index contributed by atoms with van der Waals surface area (Å²) in [7, 11) is 4.09. The highest BCUT2D eigenvalue weighted by molar-refractivity contribution is 6.08. The van der Waals surface area contributed by atoms with Crippen LogP contribution in [0.4, 0.5) is 5.69 Å². The van der Waals surface area contributed by atoms with Gasteiger partial charge in [0.25, 0.3) is 11.5 Å². The lowest BCUT2D eigenvalue weighted by Gasteiger charge is -2.14. The minimum atomic E-state index is -1.34. The van der Waals surface area contributed by atoms with Crippen molar-refractivity contribution in [1.82, 2.24) is 9.78 Å². The number of aromatic nitrogens is 2. The molecular weight excluding hydrogens is 422 g/mol. The number of hydrogen-bond acceptors (Lipinski definition) is 8. The van der Waals surface area contributed by atoms with Crippen LogP contribution in [0.1, 0.15) is 20.8 Å². The zero-order valence-electron chi connectivity index (χ0n) is 17.3. The van der Waals surface area contributed by atoms with E-state index in [0.717, 1.165) is 10.7 Å². The maximum atomic E-state index is 12.9. The number of hydrogen-bond donors (Lipinski definition) is 3. The van der Waals surface area contributed by atoms with Gasteiger partial charge in [-0.25, -0.2) is 4.79 Å². The predicted molar refractivity (Wildman–Crippen MR) is 113 cm³/mol. The van der Waals surface area contributed by atoms with E-state index in [0.29, 0.717) is 5.75 Å². The quantitative estimate of drug-likeness (QED) is 0.500. The second-order valence-corrected chi connectivity index (χ2v) is 6.31. The number of para-hydroxylation sites is 2. The minimum Gasteiger partial charge on any atom is -0.505 e. The molecule has 0 spiro atoms. The molecule has 0 fully saturated rings. The van der Waals surface area contributed by atoms with Gasteiger partial charge in [-0.15, -0.1) is 0 Å². The molecule has 11 heteroatoms. The Hall–Kier alpha value is -4.54. The Bertz CT molecular complexity index is 1250. The topological polar surface area (TPSA) is 149 Å². The molecule has 0 radical (unpaired) electrons. The number of nitrogens with zero attached hydrogens (tertiary/aromatic N) is 2. The van der Waals surface area contributed by atoms with Crippen LogP contribution < -0.4 is 25.1 Å². The lowest BCUT2D eigenvalue weighted by atomic mass is 10.1. The van der Waals surface area contributed by atoms with Gasteiger partial charge in [0.1, 0.15) is 11.4 Å². The van der Waals surface area contributed by atoms with Crippen LogP contribution in [0.25, 0.3) is 5.69 Å². The zero-order chi connectivity index (χ0) is 23.4. The van der Waals surface area contributed by atoms with Crippen LogP contribution in [0.3, 0.4) is 0 Å². The Balaban J connectivity index is 2.08. The number of anilines is 1. The number of carbonyl (C=O) groups excluding carboxylic acids is 1. The molecule has 1 aromatic heterocycles. The molecule has 0 saturated carbocycles. The predicted octanol–water partition coefficient (Wildman–Crippen LogP) is 1.91. The Kier molecular flexibility index (Phi) is 6.29. The molecule has 3 rings (SSSR count). The second kappa shape index (κ2) is 9.08. The van der Waals surface area contributed by atoms with Crippen molar-refractivity contribution in [1.29, 1.82) is 0 Å². The van der Waals surface area contributed by atoms with Crippen molar-refractivity contribution in [3.8, 4) is 28.7 Å². The lowest BCUT2D eigenvalue weighted by molar-refractivity contribution is 0.0697. The molecule has 0 atom stereocenters. The SMILES string of the molecule is COc1cc(NC(=O)c2nn(-c3ccccc3OC)c(=O)cc2O)c(C(=O)O)cc1OC. The van der Waals surface area contributed by atoms with Crippen molar-refractivity contribution in [2.24, 2.45) is 0 Å². The minimum absolute atomic E-state index is 0.128. The van der Waals surface area contributed by atoms with Crippen molar-refractivity contribution in [3.63, 3.8) is 0 Å². The number of nitrogens with one attached hydrogen (secondary N) is 1. The summed E-state index contributed by atoms with van der Waals surface area (Å²) in [6.07, 6.45) is 0. The number of rotatable bonds is 7. The van der Waals surface area contributed by atoms with E-state index in [1.165, 1.54) is 33.5 Å². The standard InChI is InChI=1S/C21H19N3O8/c1-30-15-7-5-4-6-13(15)24-18(26)10-14(25)19(23-24)20(27)22-12-9-17(32-3)16(31-2)8-11(12)21(28)29/h4-10,25H,1-3H3,(H,22,27)(H,28,29). The van der Waals surface area contributed by atoms with Gasteiger partial charge in [0.15, 0.2) is 22.9 Å². The Morgan fingerprint density at radius 3 is 2.22 bits per heavy atom. The fourth-order valence-electron chi connectivity index (χ4n) is 2.93. The second-order valence-electron chi connectivity index (χ2n) is 6.31. The van der Waals surface area contributed by atoms with Crippen LogP contribution in [0.2, 0.25) is 0 Å². The summed E-state index contributed by atoms with van der Waals surface area (Å²) in [4.78, 5) is 36.9. The van der Waals surface area contributed by atoms with Gasteiger partial charge in [-0.05, 0) is 12.1 Å². The third-order valence-electron chi connectivity index (χ3n) is 4.44. The highest BCUT2D eigenvalue weighted by atomic mass is 16.5. The molecule has 166 valence electrons. The van der Waals surface area contributed by atoms with Gasteiger partial charge in [-0.3, -0.25) is 9.59 Å². The Morgan fingerprint density at radius 1 is 0.969 bits per heavy atom. The number of aromatic hydroxyl groups is 1. The molecule has 0 aliphatic carbocycles. The molecule has 0 unspecified atom stereocenters. The van der Waals surface area contributed by atoms with Gasteiger partial charge in [0, 0.05) is 18.2 Å². The van der Waals surface area contributed by atoms with E-state index >= 15 is 0 Å². The number of amides is 1. The Labute approximate surface area is 181 Å². The van der Waals surface area contributed by atoms with Gasteiger partial charge < -0.3 is 29.7 Å². The van der Waals surface area contributed by atoms with Gasteiger partial charge in [0.05, 0.1) is 32.6 Å². The van der Waals surface area contributed by atoms with E-state index in [4.69, 9.17) is 14.2 Å². The number of methoxy groups -OCH3 is 3. The van der Waals surface area contributed by atoms with Crippen molar-refractivity contribution in [2.75, 3.05) is 26.6 Å². The zero-order valence-corrected chi connectivity index (χ0v) is 17.3. The highest BCUT2D eigenvalue weighted by Crippen LogP contribution is 2.34.